The Bertz CT molecular complexity index is 989. The van der Waals surface area contributed by atoms with Crippen molar-refractivity contribution in [2.75, 3.05) is 7.05 Å². The van der Waals surface area contributed by atoms with Crippen LogP contribution in [-0.2, 0) is 19.4 Å². The molecule has 1 N–H and O–H groups in total. The molecule has 4 rings (SSSR count). The average molecular weight is 339 g/mol. The molecule has 24 heavy (non-hydrogen) atoms. The fourth-order valence-electron chi connectivity index (χ4n) is 3.22. The van der Waals surface area contributed by atoms with Gasteiger partial charge in [-0.1, -0.05) is 6.07 Å². The van der Waals surface area contributed by atoms with Crippen LogP contribution in [0.1, 0.15) is 33.7 Å². The predicted molar refractivity (Wildman–Crippen MR) is 94.5 cm³/mol. The number of amides is 1. The standard InChI is InChI=1S/C18H17N3O2S/c1-21(10-15-19-14-7-8-24-16(14)17(22)20-15)18(23)13-6-5-11-3-2-4-12(11)9-13/h5-9H,2-4,10H2,1H3,(H,19,20,22). The molecule has 0 fully saturated rings. The van der Waals surface area contributed by atoms with Crippen LogP contribution in [0.4, 0.5) is 0 Å². The van der Waals surface area contributed by atoms with E-state index in [2.05, 4.69) is 16.0 Å². The minimum Gasteiger partial charge on any atom is -0.334 e. The molecule has 2 aromatic heterocycles. The van der Waals surface area contributed by atoms with Crippen molar-refractivity contribution in [2.45, 2.75) is 25.8 Å². The van der Waals surface area contributed by atoms with Crippen LogP contribution >= 0.6 is 11.3 Å². The van der Waals surface area contributed by atoms with Gasteiger partial charge in [0.05, 0.1) is 12.1 Å². The quantitative estimate of drug-likeness (QED) is 0.798. The van der Waals surface area contributed by atoms with Crippen molar-refractivity contribution >= 4 is 27.5 Å². The monoisotopic (exact) mass is 339 g/mol. The van der Waals surface area contributed by atoms with Crippen molar-refractivity contribution in [1.29, 1.82) is 0 Å². The minimum atomic E-state index is -0.150. The molecular formula is C18H17N3O2S. The summed E-state index contributed by atoms with van der Waals surface area (Å²) in [5.41, 5.74) is 3.85. The lowest BCUT2D eigenvalue weighted by molar-refractivity contribution is 0.0781. The third-order valence-corrected chi connectivity index (χ3v) is 5.35. The second kappa shape index (κ2) is 5.87. The zero-order chi connectivity index (χ0) is 16.7. The zero-order valence-corrected chi connectivity index (χ0v) is 14.2. The van der Waals surface area contributed by atoms with Crippen LogP contribution in [0.3, 0.4) is 0 Å². The van der Waals surface area contributed by atoms with Gasteiger partial charge < -0.3 is 9.88 Å². The lowest BCUT2D eigenvalue weighted by Gasteiger charge is -2.17. The normalized spacial score (nSPS) is 13.2. The molecule has 122 valence electrons. The van der Waals surface area contributed by atoms with Gasteiger partial charge in [-0.05, 0) is 54.0 Å². The van der Waals surface area contributed by atoms with E-state index in [1.54, 1.807) is 11.9 Å². The van der Waals surface area contributed by atoms with E-state index in [4.69, 9.17) is 0 Å². The number of fused-ring (bicyclic) bond motifs is 2. The fraction of sp³-hybridized carbons (Fsp3) is 0.278. The third-order valence-electron chi connectivity index (χ3n) is 4.44. The maximum atomic E-state index is 12.7. The molecular weight excluding hydrogens is 322 g/mol. The molecule has 0 unspecified atom stereocenters. The van der Waals surface area contributed by atoms with Gasteiger partial charge in [-0.3, -0.25) is 9.59 Å². The molecule has 0 saturated carbocycles. The summed E-state index contributed by atoms with van der Waals surface area (Å²) in [4.78, 5) is 33.5. The van der Waals surface area contributed by atoms with E-state index >= 15 is 0 Å². The first-order valence-corrected chi connectivity index (χ1v) is 8.83. The number of carbonyl (C=O) groups excluding carboxylic acids is 1. The van der Waals surface area contributed by atoms with Crippen LogP contribution < -0.4 is 5.56 Å². The number of aryl methyl sites for hydroxylation is 2. The number of aromatic amines is 1. The van der Waals surface area contributed by atoms with E-state index in [0.717, 1.165) is 19.3 Å². The molecule has 6 heteroatoms. The topological polar surface area (TPSA) is 66.1 Å². The number of H-pyrrole nitrogens is 1. The highest BCUT2D eigenvalue weighted by Gasteiger charge is 2.17. The highest BCUT2D eigenvalue weighted by Crippen LogP contribution is 2.23. The van der Waals surface area contributed by atoms with Crippen LogP contribution in [0.25, 0.3) is 10.2 Å². The maximum Gasteiger partial charge on any atom is 0.268 e. The third kappa shape index (κ3) is 2.63. The molecule has 3 aromatic rings. The van der Waals surface area contributed by atoms with Crippen LogP contribution in [0.2, 0.25) is 0 Å². The molecule has 0 saturated heterocycles. The van der Waals surface area contributed by atoms with Crippen LogP contribution in [0.15, 0.2) is 34.4 Å². The van der Waals surface area contributed by atoms with Crippen molar-refractivity contribution in [3.8, 4) is 0 Å². The number of hydrogen-bond acceptors (Lipinski definition) is 4. The Morgan fingerprint density at radius 1 is 1.29 bits per heavy atom. The van der Waals surface area contributed by atoms with E-state index in [1.165, 1.54) is 22.5 Å². The van der Waals surface area contributed by atoms with Gasteiger partial charge in [-0.25, -0.2) is 4.98 Å². The Hall–Kier alpha value is -2.47. The molecule has 5 nitrogen and oxygen atoms in total. The predicted octanol–water partition coefficient (Wildman–Crippen LogP) is 2.75. The number of nitrogens with one attached hydrogen (secondary N) is 1. The van der Waals surface area contributed by atoms with Gasteiger partial charge >= 0.3 is 0 Å². The number of nitrogens with zero attached hydrogens (tertiary/aromatic N) is 2. The molecule has 1 aliphatic rings. The van der Waals surface area contributed by atoms with E-state index in [0.29, 0.717) is 21.6 Å². The molecule has 1 aromatic carbocycles. The minimum absolute atomic E-state index is 0.0576. The Morgan fingerprint density at radius 3 is 3.00 bits per heavy atom. The summed E-state index contributed by atoms with van der Waals surface area (Å²) in [6.07, 6.45) is 3.31. The fourth-order valence-corrected chi connectivity index (χ4v) is 3.94. The number of thiophene rings is 1. The van der Waals surface area contributed by atoms with Crippen molar-refractivity contribution in [1.82, 2.24) is 14.9 Å². The summed E-state index contributed by atoms with van der Waals surface area (Å²) in [5, 5.41) is 1.84. The Balaban J connectivity index is 1.57. The average Bonchev–Trinajstić information content (AvgIpc) is 3.22. The van der Waals surface area contributed by atoms with Gasteiger partial charge in [0.25, 0.3) is 11.5 Å². The van der Waals surface area contributed by atoms with Gasteiger partial charge in [0.1, 0.15) is 10.5 Å². The number of benzene rings is 1. The van der Waals surface area contributed by atoms with Gasteiger partial charge in [0.2, 0.25) is 0 Å². The number of aromatic nitrogens is 2. The zero-order valence-electron chi connectivity index (χ0n) is 13.3. The SMILES string of the molecule is CN(Cc1nc2ccsc2c(=O)[nH]1)C(=O)c1ccc2c(c1)CCC2. The molecule has 0 aliphatic heterocycles. The van der Waals surface area contributed by atoms with Crippen LogP contribution in [0, 0.1) is 0 Å². The van der Waals surface area contributed by atoms with Crippen LogP contribution in [0.5, 0.6) is 0 Å². The lowest BCUT2D eigenvalue weighted by atomic mass is 10.1. The highest BCUT2D eigenvalue weighted by molar-refractivity contribution is 7.17. The number of rotatable bonds is 3. The van der Waals surface area contributed by atoms with Crippen molar-refractivity contribution < 1.29 is 4.79 Å². The van der Waals surface area contributed by atoms with E-state index in [-0.39, 0.29) is 18.0 Å². The Kier molecular flexibility index (Phi) is 3.69. The van der Waals surface area contributed by atoms with Gasteiger partial charge in [0.15, 0.2) is 0 Å². The molecule has 2 heterocycles. The largest absolute Gasteiger partial charge is 0.334 e. The number of carbonyl (C=O) groups is 1. The molecule has 1 aliphatic carbocycles. The molecule has 0 spiro atoms. The van der Waals surface area contributed by atoms with Gasteiger partial charge in [-0.2, -0.15) is 0 Å². The second-order valence-corrected chi connectivity index (χ2v) is 7.06. The van der Waals surface area contributed by atoms with Gasteiger partial charge in [0, 0.05) is 12.6 Å². The summed E-state index contributed by atoms with van der Waals surface area (Å²) >= 11 is 1.37. The summed E-state index contributed by atoms with van der Waals surface area (Å²) in [6.45, 7) is 0.275. The molecule has 0 radical (unpaired) electrons. The van der Waals surface area contributed by atoms with Crippen molar-refractivity contribution in [3.05, 3.63) is 62.5 Å². The maximum absolute atomic E-state index is 12.7. The Labute approximate surface area is 143 Å². The first-order chi connectivity index (χ1) is 11.6. The smallest absolute Gasteiger partial charge is 0.268 e. The van der Waals surface area contributed by atoms with E-state index in [1.807, 2.05) is 23.6 Å². The first kappa shape index (κ1) is 15.1. The van der Waals surface area contributed by atoms with Gasteiger partial charge in [-0.15, -0.1) is 11.3 Å². The summed E-state index contributed by atoms with van der Waals surface area (Å²) in [6, 6.07) is 7.77. The van der Waals surface area contributed by atoms with Crippen molar-refractivity contribution in [3.63, 3.8) is 0 Å². The summed E-state index contributed by atoms with van der Waals surface area (Å²) in [7, 11) is 1.73. The highest BCUT2D eigenvalue weighted by atomic mass is 32.1. The summed E-state index contributed by atoms with van der Waals surface area (Å²) in [5.74, 6) is 0.445. The summed E-state index contributed by atoms with van der Waals surface area (Å²) < 4.78 is 0.617. The Morgan fingerprint density at radius 2 is 2.12 bits per heavy atom. The van der Waals surface area contributed by atoms with Crippen molar-refractivity contribution in [2.24, 2.45) is 0 Å². The van der Waals surface area contributed by atoms with E-state index in [9.17, 15) is 9.59 Å². The first-order valence-electron chi connectivity index (χ1n) is 7.95. The second-order valence-electron chi connectivity index (χ2n) is 6.15. The molecule has 1 amide bonds. The van der Waals surface area contributed by atoms with E-state index < -0.39 is 0 Å². The van der Waals surface area contributed by atoms with Crippen LogP contribution in [-0.4, -0.2) is 27.8 Å². The molecule has 0 bridgehead atoms. The number of hydrogen-bond donors (Lipinski definition) is 1. The molecule has 0 atom stereocenters. The lowest BCUT2D eigenvalue weighted by Crippen LogP contribution is -2.28.